The maximum atomic E-state index is 13.3. The standard InChI is InChI=1S/C12H8F2N2O2/c13-8-2-1-3-9(14)11(8)16-10-5-4-7(6-15-10)12(17)18/h1-6H,(H,15,16)(H,17,18). The fourth-order valence-corrected chi connectivity index (χ4v) is 1.34. The van der Waals surface area contributed by atoms with Crippen LogP contribution in [0.3, 0.4) is 0 Å². The van der Waals surface area contributed by atoms with Gasteiger partial charge in [-0.2, -0.15) is 0 Å². The number of carboxylic acid groups (broad SMARTS) is 1. The van der Waals surface area contributed by atoms with Gasteiger partial charge in [-0.1, -0.05) is 6.07 Å². The zero-order valence-corrected chi connectivity index (χ0v) is 9.02. The monoisotopic (exact) mass is 250 g/mol. The number of hydrogen-bond donors (Lipinski definition) is 2. The third-order valence-electron chi connectivity index (χ3n) is 2.23. The molecule has 2 rings (SSSR count). The van der Waals surface area contributed by atoms with Crippen LogP contribution < -0.4 is 5.32 Å². The number of benzene rings is 1. The van der Waals surface area contributed by atoms with Crippen molar-refractivity contribution in [1.82, 2.24) is 4.98 Å². The van der Waals surface area contributed by atoms with Crippen LogP contribution in [0.2, 0.25) is 0 Å². The van der Waals surface area contributed by atoms with Gasteiger partial charge >= 0.3 is 5.97 Å². The summed E-state index contributed by atoms with van der Waals surface area (Å²) < 4.78 is 26.6. The van der Waals surface area contributed by atoms with Crippen molar-refractivity contribution in [3.8, 4) is 0 Å². The summed E-state index contributed by atoms with van der Waals surface area (Å²) in [7, 11) is 0. The van der Waals surface area contributed by atoms with E-state index in [2.05, 4.69) is 10.3 Å². The topological polar surface area (TPSA) is 62.2 Å². The highest BCUT2D eigenvalue weighted by Crippen LogP contribution is 2.21. The first-order valence-corrected chi connectivity index (χ1v) is 4.98. The van der Waals surface area contributed by atoms with Crippen LogP contribution >= 0.6 is 0 Å². The SMILES string of the molecule is O=C(O)c1ccc(Nc2c(F)cccc2F)nc1. The van der Waals surface area contributed by atoms with Crippen molar-refractivity contribution >= 4 is 17.5 Å². The first kappa shape index (κ1) is 12.0. The van der Waals surface area contributed by atoms with E-state index in [0.717, 1.165) is 18.3 Å². The molecule has 4 nitrogen and oxygen atoms in total. The summed E-state index contributed by atoms with van der Waals surface area (Å²) in [4.78, 5) is 14.4. The highest BCUT2D eigenvalue weighted by Gasteiger charge is 2.09. The van der Waals surface area contributed by atoms with E-state index in [1.807, 2.05) is 0 Å². The number of para-hydroxylation sites is 1. The maximum Gasteiger partial charge on any atom is 0.337 e. The molecule has 0 fully saturated rings. The average molecular weight is 250 g/mol. The van der Waals surface area contributed by atoms with E-state index in [4.69, 9.17) is 5.11 Å². The Morgan fingerprint density at radius 2 is 1.83 bits per heavy atom. The zero-order valence-electron chi connectivity index (χ0n) is 9.02. The lowest BCUT2D eigenvalue weighted by atomic mass is 10.2. The minimum atomic E-state index is -1.12. The summed E-state index contributed by atoms with van der Waals surface area (Å²) in [5, 5.41) is 11.1. The molecular formula is C12H8F2N2O2. The Hall–Kier alpha value is -2.50. The van der Waals surface area contributed by atoms with Gasteiger partial charge in [0.25, 0.3) is 0 Å². The molecule has 0 saturated carbocycles. The molecule has 2 aromatic rings. The molecule has 0 saturated heterocycles. The smallest absolute Gasteiger partial charge is 0.337 e. The maximum absolute atomic E-state index is 13.3. The summed E-state index contributed by atoms with van der Waals surface area (Å²) in [6, 6.07) is 6.08. The number of aromatic carboxylic acids is 1. The molecule has 1 aromatic carbocycles. The molecule has 1 aromatic heterocycles. The zero-order chi connectivity index (χ0) is 13.1. The first-order valence-electron chi connectivity index (χ1n) is 4.98. The quantitative estimate of drug-likeness (QED) is 0.879. The van der Waals surface area contributed by atoms with Crippen LogP contribution in [-0.2, 0) is 0 Å². The third kappa shape index (κ3) is 2.42. The number of pyridine rings is 1. The Morgan fingerprint density at radius 3 is 2.33 bits per heavy atom. The van der Waals surface area contributed by atoms with Gasteiger partial charge in [0, 0.05) is 6.20 Å². The van der Waals surface area contributed by atoms with Gasteiger partial charge in [-0.05, 0) is 24.3 Å². The van der Waals surface area contributed by atoms with Crippen LogP contribution in [0, 0.1) is 11.6 Å². The van der Waals surface area contributed by atoms with E-state index in [9.17, 15) is 13.6 Å². The van der Waals surface area contributed by atoms with Gasteiger partial charge in [-0.15, -0.1) is 0 Å². The molecular weight excluding hydrogens is 242 g/mol. The van der Waals surface area contributed by atoms with Crippen molar-refractivity contribution in [3.63, 3.8) is 0 Å². The second-order valence-corrected chi connectivity index (χ2v) is 3.46. The molecule has 0 bridgehead atoms. The summed E-state index contributed by atoms with van der Waals surface area (Å²) >= 11 is 0. The summed E-state index contributed by atoms with van der Waals surface area (Å²) in [6.07, 6.45) is 1.10. The molecule has 2 N–H and O–H groups in total. The molecule has 0 unspecified atom stereocenters. The van der Waals surface area contributed by atoms with Crippen molar-refractivity contribution in [3.05, 3.63) is 53.7 Å². The number of carboxylic acids is 1. The van der Waals surface area contributed by atoms with E-state index in [1.54, 1.807) is 0 Å². The van der Waals surface area contributed by atoms with Crippen molar-refractivity contribution in [2.45, 2.75) is 0 Å². The largest absolute Gasteiger partial charge is 0.478 e. The second kappa shape index (κ2) is 4.79. The molecule has 0 radical (unpaired) electrons. The number of rotatable bonds is 3. The molecule has 0 aliphatic carbocycles. The predicted molar refractivity (Wildman–Crippen MR) is 60.8 cm³/mol. The fraction of sp³-hybridized carbons (Fsp3) is 0. The van der Waals surface area contributed by atoms with Crippen molar-refractivity contribution in [2.24, 2.45) is 0 Å². The Morgan fingerprint density at radius 1 is 1.17 bits per heavy atom. The molecule has 1 heterocycles. The number of nitrogens with zero attached hydrogens (tertiary/aromatic N) is 1. The van der Waals surface area contributed by atoms with Crippen molar-refractivity contribution in [1.29, 1.82) is 0 Å². The van der Waals surface area contributed by atoms with Crippen molar-refractivity contribution in [2.75, 3.05) is 5.32 Å². The van der Waals surface area contributed by atoms with Crippen LogP contribution in [0.4, 0.5) is 20.3 Å². The highest BCUT2D eigenvalue weighted by atomic mass is 19.1. The molecule has 92 valence electrons. The average Bonchev–Trinajstić information content (AvgIpc) is 2.34. The third-order valence-corrected chi connectivity index (χ3v) is 2.23. The van der Waals surface area contributed by atoms with Crippen molar-refractivity contribution < 1.29 is 18.7 Å². The van der Waals surface area contributed by atoms with E-state index in [0.29, 0.717) is 0 Å². The van der Waals surface area contributed by atoms with Crippen LogP contribution in [0.1, 0.15) is 10.4 Å². The minimum absolute atomic E-state index is 0.00504. The van der Waals surface area contributed by atoms with E-state index >= 15 is 0 Å². The Labute approximate surface area is 101 Å². The number of nitrogens with one attached hydrogen (secondary N) is 1. The number of halogens is 2. The number of aromatic nitrogens is 1. The first-order chi connectivity index (χ1) is 8.58. The number of anilines is 2. The summed E-state index contributed by atoms with van der Waals surface area (Å²) in [5.41, 5.74) is -0.331. The number of carbonyl (C=O) groups is 1. The molecule has 6 heteroatoms. The van der Waals surface area contributed by atoms with E-state index in [-0.39, 0.29) is 17.1 Å². The predicted octanol–water partition coefficient (Wildman–Crippen LogP) is 2.80. The minimum Gasteiger partial charge on any atom is -0.478 e. The lowest BCUT2D eigenvalue weighted by Crippen LogP contribution is -2.01. The van der Waals surface area contributed by atoms with Crippen LogP contribution in [0.15, 0.2) is 36.5 Å². The normalized spacial score (nSPS) is 10.1. The Kier molecular flexibility index (Phi) is 3.18. The van der Waals surface area contributed by atoms with Crippen LogP contribution in [0.5, 0.6) is 0 Å². The van der Waals surface area contributed by atoms with Gasteiger partial charge in [0.15, 0.2) is 0 Å². The van der Waals surface area contributed by atoms with Gasteiger partial charge in [-0.25, -0.2) is 18.6 Å². The highest BCUT2D eigenvalue weighted by molar-refractivity contribution is 5.87. The summed E-state index contributed by atoms with van der Waals surface area (Å²) in [5.74, 6) is -2.46. The van der Waals surface area contributed by atoms with Gasteiger partial charge in [0.05, 0.1) is 5.56 Å². The van der Waals surface area contributed by atoms with Crippen LogP contribution in [0.25, 0.3) is 0 Å². The van der Waals surface area contributed by atoms with E-state index in [1.165, 1.54) is 18.2 Å². The molecule has 0 atom stereocenters. The van der Waals surface area contributed by atoms with Gasteiger partial charge in [0.1, 0.15) is 23.1 Å². The molecule has 0 aliphatic heterocycles. The second-order valence-electron chi connectivity index (χ2n) is 3.46. The summed E-state index contributed by atoms with van der Waals surface area (Å²) in [6.45, 7) is 0. The lowest BCUT2D eigenvalue weighted by molar-refractivity contribution is 0.0696. The molecule has 0 spiro atoms. The number of hydrogen-bond acceptors (Lipinski definition) is 3. The molecule has 18 heavy (non-hydrogen) atoms. The Bertz CT molecular complexity index is 565. The Balaban J connectivity index is 2.26. The lowest BCUT2D eigenvalue weighted by Gasteiger charge is -2.07. The molecule has 0 amide bonds. The van der Waals surface area contributed by atoms with Gasteiger partial charge in [-0.3, -0.25) is 0 Å². The van der Waals surface area contributed by atoms with Gasteiger partial charge in [0.2, 0.25) is 0 Å². The van der Waals surface area contributed by atoms with E-state index < -0.39 is 17.6 Å². The molecule has 0 aliphatic rings. The fourth-order valence-electron chi connectivity index (χ4n) is 1.34. The van der Waals surface area contributed by atoms with Gasteiger partial charge < -0.3 is 10.4 Å². The van der Waals surface area contributed by atoms with Crippen LogP contribution in [-0.4, -0.2) is 16.1 Å².